The molecule has 6 aromatic carbocycles. The van der Waals surface area contributed by atoms with Crippen LogP contribution in [-0.2, 0) is 0 Å². The summed E-state index contributed by atoms with van der Waals surface area (Å²) in [7, 11) is 22.0. The van der Waals surface area contributed by atoms with Gasteiger partial charge in [-0.15, -0.1) is 32.8 Å². The fourth-order valence-electron chi connectivity index (χ4n) is 8.77. The van der Waals surface area contributed by atoms with E-state index in [1.807, 2.05) is 0 Å². The van der Waals surface area contributed by atoms with Crippen molar-refractivity contribution < 1.29 is 4.42 Å². The number of hydrogen-bond acceptors (Lipinski definition) is 4. The van der Waals surface area contributed by atoms with Crippen molar-refractivity contribution in [3.8, 4) is 39.9 Å². The Hall–Kier alpha value is -5.42. The first-order valence-electron chi connectivity index (χ1n) is 18.8. The number of nitrogens with zero attached hydrogens (tertiary/aromatic N) is 4. The molecular formula is C39H34B10N4O. The van der Waals surface area contributed by atoms with Gasteiger partial charge in [-0.25, -0.2) is 15.0 Å². The molecule has 9 aromatic rings. The second-order valence-electron chi connectivity index (χ2n) is 15.1. The lowest BCUT2D eigenvalue weighted by Crippen LogP contribution is -2.55. The molecule has 0 radical (unpaired) electrons. The molecule has 0 bridgehead atoms. The molecule has 54 heavy (non-hydrogen) atoms. The number of furan rings is 1. The van der Waals surface area contributed by atoms with Gasteiger partial charge < -0.3 is 8.98 Å². The summed E-state index contributed by atoms with van der Waals surface area (Å²) in [5.74, 6) is 2.03. The van der Waals surface area contributed by atoms with Crippen LogP contribution < -0.4 is 54.6 Å². The van der Waals surface area contributed by atoms with Crippen molar-refractivity contribution in [3.05, 3.63) is 84.9 Å². The number of para-hydroxylation sites is 3. The zero-order chi connectivity index (χ0) is 37.7. The van der Waals surface area contributed by atoms with Crippen molar-refractivity contribution in [2.24, 2.45) is 0 Å². The fourth-order valence-corrected chi connectivity index (χ4v) is 8.77. The summed E-state index contributed by atoms with van der Waals surface area (Å²) < 4.78 is 9.20. The zero-order valence-corrected chi connectivity index (χ0v) is 32.8. The Morgan fingerprint density at radius 1 is 0.407 bits per heavy atom. The minimum atomic E-state index is 0.634. The molecule has 5 nitrogen and oxygen atoms in total. The van der Waals surface area contributed by atoms with Crippen LogP contribution in [0.4, 0.5) is 0 Å². The number of hydrogen-bond donors (Lipinski definition) is 0. The van der Waals surface area contributed by atoms with E-state index in [0.717, 1.165) is 55.3 Å². The monoisotopic (exact) mass is 684 g/mol. The molecular weight excluding hydrogens is 649 g/mol. The molecule has 0 saturated heterocycles. The van der Waals surface area contributed by atoms with Gasteiger partial charge in [0.25, 0.3) is 0 Å². The highest BCUT2D eigenvalue weighted by molar-refractivity contribution is 6.70. The first kappa shape index (κ1) is 34.4. The number of fused-ring (bicyclic) bond motifs is 6. The van der Waals surface area contributed by atoms with Crippen LogP contribution in [0.3, 0.4) is 0 Å². The lowest BCUT2D eigenvalue weighted by atomic mass is 9.60. The minimum Gasteiger partial charge on any atom is -0.454 e. The maximum atomic E-state index is 6.87. The summed E-state index contributed by atoms with van der Waals surface area (Å²) in [6.45, 7) is 0. The van der Waals surface area contributed by atoms with Crippen molar-refractivity contribution in [2.45, 2.75) is 0 Å². The predicted octanol–water partition coefficient (Wildman–Crippen LogP) is -7.55. The quantitative estimate of drug-likeness (QED) is 0.173. The van der Waals surface area contributed by atoms with Gasteiger partial charge >= 0.3 is 0 Å². The maximum Gasteiger partial charge on any atom is 0.164 e. The maximum absolute atomic E-state index is 6.87. The highest BCUT2D eigenvalue weighted by Crippen LogP contribution is 2.40. The molecule has 15 heteroatoms. The van der Waals surface area contributed by atoms with Crippen LogP contribution in [0, 0.1) is 0 Å². The van der Waals surface area contributed by atoms with Crippen molar-refractivity contribution in [3.63, 3.8) is 0 Å². The second kappa shape index (κ2) is 12.6. The highest BCUT2D eigenvalue weighted by Gasteiger charge is 2.24. The third-order valence-electron chi connectivity index (χ3n) is 12.6. The molecule has 0 aliphatic carbocycles. The summed E-state index contributed by atoms with van der Waals surface area (Å²) in [5, 5.41) is 4.44. The average molecular weight is 683 g/mol. The molecule has 3 heterocycles. The summed E-state index contributed by atoms with van der Waals surface area (Å²) in [6, 6.07) is 29.9. The molecule has 3 aromatic heterocycles. The van der Waals surface area contributed by atoms with Crippen LogP contribution in [0.15, 0.2) is 89.3 Å². The van der Waals surface area contributed by atoms with Crippen LogP contribution >= 0.6 is 0 Å². The van der Waals surface area contributed by atoms with E-state index >= 15 is 0 Å². The molecule has 246 valence electrons. The average Bonchev–Trinajstić information content (AvgIpc) is 3.74. The van der Waals surface area contributed by atoms with Crippen molar-refractivity contribution >= 4 is 177 Å². The van der Waals surface area contributed by atoms with Crippen molar-refractivity contribution in [1.29, 1.82) is 0 Å². The Bertz CT molecular complexity index is 2880. The molecule has 0 fully saturated rings. The lowest BCUT2D eigenvalue weighted by Gasteiger charge is -2.22. The summed E-state index contributed by atoms with van der Waals surface area (Å²) in [4.78, 5) is 16.1. The molecule has 0 amide bonds. The fraction of sp³-hybridized carbons (Fsp3) is 0. The van der Waals surface area contributed by atoms with Crippen LogP contribution in [0.2, 0.25) is 0 Å². The molecule has 0 N–H and O–H groups in total. The molecule has 0 spiro atoms. The summed E-state index contributed by atoms with van der Waals surface area (Å²) >= 11 is 0. The third-order valence-corrected chi connectivity index (χ3v) is 12.6. The SMILES string of the molecule is Bc1c(B)c(B)c(-c2nc(-c3c(B)c(B)c(B)c(B)c3B)nc(-c3cccc4oc5c(-n6c7ccccc7c7ccccc76)cccc5c34)n2)c(B)c1B. The van der Waals surface area contributed by atoms with Gasteiger partial charge in [-0.1, -0.05) is 82.5 Å². The Morgan fingerprint density at radius 3 is 1.35 bits per heavy atom. The normalized spacial score (nSPS) is 11.7. The first-order valence-corrected chi connectivity index (χ1v) is 18.8. The second-order valence-corrected chi connectivity index (χ2v) is 15.1. The van der Waals surface area contributed by atoms with E-state index in [0.29, 0.717) is 17.5 Å². The number of rotatable bonds is 4. The van der Waals surface area contributed by atoms with Crippen molar-refractivity contribution in [2.75, 3.05) is 0 Å². The first-order chi connectivity index (χ1) is 26.0. The van der Waals surface area contributed by atoms with Gasteiger partial charge in [-0.05, 0) is 24.3 Å². The molecule has 0 aliphatic rings. The number of aromatic nitrogens is 4. The van der Waals surface area contributed by atoms with Gasteiger partial charge in [0, 0.05) is 38.2 Å². The highest BCUT2D eigenvalue weighted by atomic mass is 16.3. The summed E-state index contributed by atoms with van der Waals surface area (Å²) in [5.41, 5.74) is 20.5. The van der Waals surface area contributed by atoms with Crippen LogP contribution in [0.1, 0.15) is 0 Å². The van der Waals surface area contributed by atoms with E-state index in [4.69, 9.17) is 19.4 Å². The van der Waals surface area contributed by atoms with E-state index in [1.165, 1.54) is 65.4 Å². The van der Waals surface area contributed by atoms with Gasteiger partial charge in [0.1, 0.15) is 84.0 Å². The molecule has 0 unspecified atom stereocenters. The lowest BCUT2D eigenvalue weighted by molar-refractivity contribution is 0.666. The van der Waals surface area contributed by atoms with Crippen LogP contribution in [-0.4, -0.2) is 98.0 Å². The number of benzene rings is 6. The van der Waals surface area contributed by atoms with Crippen LogP contribution in [0.5, 0.6) is 0 Å². The van der Waals surface area contributed by atoms with E-state index in [-0.39, 0.29) is 0 Å². The molecule has 0 atom stereocenters. The van der Waals surface area contributed by atoms with Gasteiger partial charge in [0.05, 0.1) is 16.7 Å². The van der Waals surface area contributed by atoms with Gasteiger partial charge in [0.2, 0.25) is 0 Å². The van der Waals surface area contributed by atoms with E-state index in [9.17, 15) is 0 Å². The minimum absolute atomic E-state index is 0.634. The van der Waals surface area contributed by atoms with E-state index in [2.05, 4.69) is 168 Å². The van der Waals surface area contributed by atoms with Gasteiger partial charge in [-0.3, -0.25) is 0 Å². The Balaban J connectivity index is 1.37. The summed E-state index contributed by atoms with van der Waals surface area (Å²) in [6.07, 6.45) is 0. The Morgan fingerprint density at radius 2 is 0.833 bits per heavy atom. The smallest absolute Gasteiger partial charge is 0.164 e. The van der Waals surface area contributed by atoms with E-state index < -0.39 is 0 Å². The topological polar surface area (TPSA) is 56.7 Å². The molecule has 0 aliphatic heterocycles. The largest absolute Gasteiger partial charge is 0.454 e. The van der Waals surface area contributed by atoms with Crippen molar-refractivity contribution in [1.82, 2.24) is 19.5 Å². The molecule has 9 rings (SSSR count). The predicted molar refractivity (Wildman–Crippen MR) is 260 cm³/mol. The zero-order valence-electron chi connectivity index (χ0n) is 32.8. The third kappa shape index (κ3) is 4.90. The van der Waals surface area contributed by atoms with E-state index in [1.54, 1.807) is 0 Å². The van der Waals surface area contributed by atoms with Gasteiger partial charge in [0.15, 0.2) is 23.1 Å². The van der Waals surface area contributed by atoms with Crippen LogP contribution in [0.25, 0.3) is 83.6 Å². The Kier molecular flexibility index (Phi) is 8.00. The Labute approximate surface area is 324 Å². The molecule has 0 saturated carbocycles. The standard InChI is InChI=1S/C39H34B10N4O/c40-26-24(27(41)31(45)34(48)30(26)44)38-50-37(51-39(52-38)25-28(42)32(46)35(49)33(47)29(25)43)18-10-6-14-22-23(18)17-9-5-13-21(36(17)54-22)53-19-11-3-1-7-15(19)16-8-2-4-12-20(16)53/h1-14H,40-49H2. The van der Waals surface area contributed by atoms with Gasteiger partial charge in [-0.2, -0.15) is 0 Å².